The highest BCUT2D eigenvalue weighted by Gasteiger charge is 2.09. The first kappa shape index (κ1) is 25.8. The van der Waals surface area contributed by atoms with E-state index in [4.69, 9.17) is 30.5 Å². The lowest BCUT2D eigenvalue weighted by Crippen LogP contribution is -2.41. The molecule has 2 N–H and O–H groups in total. The molecule has 9 heteroatoms. The van der Waals surface area contributed by atoms with Gasteiger partial charge in [-0.05, 0) is 36.2 Å². The van der Waals surface area contributed by atoms with Crippen LogP contribution in [0.5, 0.6) is 5.75 Å². The van der Waals surface area contributed by atoms with Gasteiger partial charge in [0.2, 0.25) is 0 Å². The summed E-state index contributed by atoms with van der Waals surface area (Å²) in [6.45, 7) is 6.70. The van der Waals surface area contributed by atoms with E-state index < -0.39 is 0 Å². The van der Waals surface area contributed by atoms with Gasteiger partial charge in [-0.1, -0.05) is 17.7 Å². The van der Waals surface area contributed by atoms with Crippen LogP contribution < -0.4 is 15.4 Å². The van der Waals surface area contributed by atoms with Crippen LogP contribution in [0.1, 0.15) is 11.3 Å². The van der Waals surface area contributed by atoms with E-state index in [1.807, 2.05) is 30.3 Å². The fraction of sp³-hybridized carbons (Fsp3) is 0.500. The molecule has 1 saturated heterocycles. The Morgan fingerprint density at radius 2 is 1.94 bits per heavy atom. The Labute approximate surface area is 206 Å². The maximum absolute atomic E-state index is 6.35. The highest BCUT2D eigenvalue weighted by Crippen LogP contribution is 2.22. The van der Waals surface area contributed by atoms with Crippen molar-refractivity contribution in [2.45, 2.75) is 12.8 Å². The number of halogens is 2. The van der Waals surface area contributed by atoms with Crippen molar-refractivity contribution in [3.05, 3.63) is 52.9 Å². The van der Waals surface area contributed by atoms with E-state index in [1.54, 1.807) is 13.4 Å². The van der Waals surface area contributed by atoms with E-state index in [9.17, 15) is 0 Å². The lowest BCUT2D eigenvalue weighted by molar-refractivity contribution is 0.0394. The summed E-state index contributed by atoms with van der Waals surface area (Å²) in [7, 11) is 1.64. The van der Waals surface area contributed by atoms with Crippen LogP contribution in [-0.2, 0) is 17.6 Å². The maximum Gasteiger partial charge on any atom is 0.191 e. The average Bonchev–Trinajstić information content (AvgIpc) is 3.29. The molecule has 3 rings (SSSR count). The third-order valence-electron chi connectivity index (χ3n) is 4.98. The predicted octanol–water partition coefficient (Wildman–Crippen LogP) is 3.21. The molecular weight excluding hydrogens is 531 g/mol. The fourth-order valence-electron chi connectivity index (χ4n) is 3.23. The molecule has 2 aromatic rings. The number of nitrogens with zero attached hydrogens (tertiary/aromatic N) is 2. The van der Waals surface area contributed by atoms with E-state index in [-0.39, 0.29) is 24.0 Å². The molecule has 7 nitrogen and oxygen atoms in total. The van der Waals surface area contributed by atoms with Crippen LogP contribution in [0.25, 0.3) is 0 Å². The second-order valence-corrected chi connectivity index (χ2v) is 7.48. The molecule has 1 aliphatic rings. The number of furan rings is 1. The highest BCUT2D eigenvalue weighted by atomic mass is 127. The zero-order valence-electron chi connectivity index (χ0n) is 17.9. The van der Waals surface area contributed by atoms with Crippen LogP contribution in [0, 0.1) is 0 Å². The fourth-order valence-corrected chi connectivity index (χ4v) is 3.50. The van der Waals surface area contributed by atoms with Gasteiger partial charge in [0.25, 0.3) is 0 Å². The molecule has 31 heavy (non-hydrogen) atoms. The number of ether oxygens (including phenoxy) is 2. The number of nitrogens with one attached hydrogen (secondary N) is 2. The van der Waals surface area contributed by atoms with Gasteiger partial charge in [-0.25, -0.2) is 0 Å². The summed E-state index contributed by atoms with van der Waals surface area (Å²) in [6, 6.07) is 9.66. The molecule has 0 unspecified atom stereocenters. The number of rotatable bonds is 10. The first-order valence-corrected chi connectivity index (χ1v) is 10.8. The molecule has 0 saturated carbocycles. The summed E-state index contributed by atoms with van der Waals surface area (Å²) in [5, 5.41) is 7.53. The van der Waals surface area contributed by atoms with Crippen molar-refractivity contribution in [3.8, 4) is 5.75 Å². The second kappa shape index (κ2) is 14.5. The van der Waals surface area contributed by atoms with Crippen molar-refractivity contribution in [3.63, 3.8) is 0 Å². The van der Waals surface area contributed by atoms with E-state index in [2.05, 4.69) is 15.5 Å². The molecule has 1 fully saturated rings. The molecular formula is C22H32ClIN4O3. The van der Waals surface area contributed by atoms with Gasteiger partial charge in [0.15, 0.2) is 5.96 Å². The molecule has 1 aromatic heterocycles. The van der Waals surface area contributed by atoms with Gasteiger partial charge in [-0.3, -0.25) is 9.89 Å². The molecule has 0 spiro atoms. The highest BCUT2D eigenvalue weighted by molar-refractivity contribution is 14.0. The monoisotopic (exact) mass is 562 g/mol. The summed E-state index contributed by atoms with van der Waals surface area (Å²) in [5.74, 6) is 2.53. The summed E-state index contributed by atoms with van der Waals surface area (Å²) in [5.41, 5.74) is 1.08. The van der Waals surface area contributed by atoms with Gasteiger partial charge in [-0.15, -0.1) is 24.0 Å². The third-order valence-corrected chi connectivity index (χ3v) is 5.33. The Morgan fingerprint density at radius 3 is 2.61 bits per heavy atom. The predicted molar refractivity (Wildman–Crippen MR) is 135 cm³/mol. The normalized spacial score (nSPS) is 14.7. The topological polar surface area (TPSA) is 71.3 Å². The zero-order valence-corrected chi connectivity index (χ0v) is 21.0. The SMILES string of the molecule is COc1ccc(CCNC(=NCCN2CCOCC2)NCCc2ccco2)c(Cl)c1.I. The quantitative estimate of drug-likeness (QED) is 0.263. The summed E-state index contributed by atoms with van der Waals surface area (Å²) < 4.78 is 16.0. The van der Waals surface area contributed by atoms with Gasteiger partial charge in [-0.2, -0.15) is 0 Å². The Balaban J connectivity index is 0.00000341. The van der Waals surface area contributed by atoms with Crippen LogP contribution >= 0.6 is 35.6 Å². The molecule has 0 bridgehead atoms. The van der Waals surface area contributed by atoms with Crippen LogP contribution in [0.3, 0.4) is 0 Å². The van der Waals surface area contributed by atoms with Gasteiger partial charge in [0.05, 0.1) is 33.1 Å². The van der Waals surface area contributed by atoms with Crippen molar-refractivity contribution in [1.82, 2.24) is 15.5 Å². The molecule has 1 aromatic carbocycles. The van der Waals surface area contributed by atoms with Crippen molar-refractivity contribution in [1.29, 1.82) is 0 Å². The van der Waals surface area contributed by atoms with Crippen molar-refractivity contribution in [2.24, 2.45) is 4.99 Å². The minimum absolute atomic E-state index is 0. The molecule has 1 aliphatic heterocycles. The number of guanidine groups is 1. The van der Waals surface area contributed by atoms with Crippen molar-refractivity contribution < 1.29 is 13.9 Å². The standard InChI is InChI=1S/C22H31ClN4O3.HI/c1-28-20-5-4-18(21(23)17-20)6-8-24-22(25-9-7-19-3-2-14-30-19)26-10-11-27-12-15-29-16-13-27;/h2-5,14,17H,6-13,15-16H2,1H3,(H2,24,25,26);1H. The van der Waals surface area contributed by atoms with Crippen LogP contribution in [0.15, 0.2) is 46.0 Å². The van der Waals surface area contributed by atoms with Crippen molar-refractivity contribution >= 4 is 41.5 Å². The minimum atomic E-state index is 0. The largest absolute Gasteiger partial charge is 0.497 e. The zero-order chi connectivity index (χ0) is 21.0. The number of morpholine rings is 1. The van der Waals surface area contributed by atoms with E-state index in [0.29, 0.717) is 5.02 Å². The molecule has 0 atom stereocenters. The Hall–Kier alpha value is -1.49. The van der Waals surface area contributed by atoms with Gasteiger partial charge < -0.3 is 24.5 Å². The number of methoxy groups -OCH3 is 1. The maximum atomic E-state index is 6.35. The Bertz CT molecular complexity index is 783. The van der Waals surface area contributed by atoms with E-state index >= 15 is 0 Å². The number of benzene rings is 1. The molecule has 2 heterocycles. The Morgan fingerprint density at radius 1 is 1.16 bits per heavy atom. The van der Waals surface area contributed by atoms with E-state index in [0.717, 1.165) is 88.4 Å². The van der Waals surface area contributed by atoms with Gasteiger partial charge >= 0.3 is 0 Å². The second-order valence-electron chi connectivity index (χ2n) is 7.07. The van der Waals surface area contributed by atoms with Crippen LogP contribution in [0.2, 0.25) is 5.02 Å². The van der Waals surface area contributed by atoms with Crippen LogP contribution in [-0.4, -0.2) is 70.5 Å². The summed E-state index contributed by atoms with van der Waals surface area (Å²) in [6.07, 6.45) is 3.30. The number of aliphatic imine (C=N–C) groups is 1. The Kier molecular flexibility index (Phi) is 12.1. The average molecular weight is 563 g/mol. The molecule has 0 radical (unpaired) electrons. The summed E-state index contributed by atoms with van der Waals surface area (Å²) >= 11 is 6.35. The molecule has 0 amide bonds. The molecule has 172 valence electrons. The van der Waals surface area contributed by atoms with Gasteiger partial charge in [0.1, 0.15) is 11.5 Å². The smallest absolute Gasteiger partial charge is 0.191 e. The van der Waals surface area contributed by atoms with Gasteiger partial charge in [0, 0.05) is 44.2 Å². The molecule has 0 aliphatic carbocycles. The number of hydrogen-bond donors (Lipinski definition) is 2. The first-order valence-electron chi connectivity index (χ1n) is 10.4. The minimum Gasteiger partial charge on any atom is -0.497 e. The van der Waals surface area contributed by atoms with E-state index in [1.165, 1.54) is 0 Å². The third kappa shape index (κ3) is 9.26. The summed E-state index contributed by atoms with van der Waals surface area (Å²) in [4.78, 5) is 7.13. The lowest BCUT2D eigenvalue weighted by atomic mass is 10.1. The van der Waals surface area contributed by atoms with Crippen molar-refractivity contribution in [2.75, 3.05) is 59.6 Å². The first-order chi connectivity index (χ1) is 14.7. The van der Waals surface area contributed by atoms with Crippen LogP contribution in [0.4, 0.5) is 0 Å². The number of hydrogen-bond acceptors (Lipinski definition) is 5. The lowest BCUT2D eigenvalue weighted by Gasteiger charge is -2.25.